The molecule has 0 aromatic carbocycles. The second kappa shape index (κ2) is 11.6. The first kappa shape index (κ1) is 21.4. The standard InChI is InChI=1S/C26H46O/c1-3-5-6-7-22-12-18-26(19-13-22)27-20-23-10-16-25(17-11-23)24-14-8-21(4-2)9-15-24/h4,21-26H,2-3,5-20H2,1H3. The van der Waals surface area contributed by atoms with E-state index in [1.54, 1.807) is 0 Å². The molecule has 156 valence electrons. The van der Waals surface area contributed by atoms with Gasteiger partial charge in [-0.1, -0.05) is 38.7 Å². The average Bonchev–Trinajstić information content (AvgIpc) is 2.74. The summed E-state index contributed by atoms with van der Waals surface area (Å²) in [6, 6.07) is 0. The maximum atomic E-state index is 6.39. The minimum atomic E-state index is 0.583. The van der Waals surface area contributed by atoms with Gasteiger partial charge < -0.3 is 4.74 Å². The van der Waals surface area contributed by atoms with Crippen molar-refractivity contribution < 1.29 is 4.74 Å². The summed E-state index contributed by atoms with van der Waals surface area (Å²) in [5.74, 6) is 4.71. The van der Waals surface area contributed by atoms with Crippen molar-refractivity contribution in [2.24, 2.45) is 29.6 Å². The van der Waals surface area contributed by atoms with Gasteiger partial charge >= 0.3 is 0 Å². The molecule has 0 spiro atoms. The van der Waals surface area contributed by atoms with Crippen LogP contribution in [0, 0.1) is 29.6 Å². The molecule has 0 amide bonds. The Morgan fingerprint density at radius 1 is 0.741 bits per heavy atom. The van der Waals surface area contributed by atoms with Crippen molar-refractivity contribution in [3.63, 3.8) is 0 Å². The molecular weight excluding hydrogens is 328 g/mol. The van der Waals surface area contributed by atoms with Crippen molar-refractivity contribution in [2.75, 3.05) is 6.61 Å². The molecule has 27 heavy (non-hydrogen) atoms. The molecule has 0 bridgehead atoms. The van der Waals surface area contributed by atoms with Crippen molar-refractivity contribution in [3.8, 4) is 0 Å². The second-order valence-electron chi connectivity index (χ2n) is 10.2. The smallest absolute Gasteiger partial charge is 0.0575 e. The fourth-order valence-corrected chi connectivity index (χ4v) is 6.22. The first-order valence-electron chi connectivity index (χ1n) is 12.5. The lowest BCUT2D eigenvalue weighted by atomic mass is 9.69. The number of ether oxygens (including phenoxy) is 1. The summed E-state index contributed by atoms with van der Waals surface area (Å²) in [5, 5.41) is 0. The van der Waals surface area contributed by atoms with E-state index >= 15 is 0 Å². The molecule has 0 radical (unpaired) electrons. The summed E-state index contributed by atoms with van der Waals surface area (Å²) in [7, 11) is 0. The first-order valence-corrected chi connectivity index (χ1v) is 12.5. The number of unbranched alkanes of at least 4 members (excludes halogenated alkanes) is 2. The lowest BCUT2D eigenvalue weighted by molar-refractivity contribution is -0.0128. The van der Waals surface area contributed by atoms with Crippen molar-refractivity contribution in [1.29, 1.82) is 0 Å². The summed E-state index contributed by atoms with van der Waals surface area (Å²) in [6.45, 7) is 7.37. The van der Waals surface area contributed by atoms with E-state index in [1.807, 2.05) is 0 Å². The quantitative estimate of drug-likeness (QED) is 0.294. The zero-order chi connectivity index (χ0) is 18.9. The van der Waals surface area contributed by atoms with Crippen LogP contribution < -0.4 is 0 Å². The highest BCUT2D eigenvalue weighted by Crippen LogP contribution is 2.41. The highest BCUT2D eigenvalue weighted by molar-refractivity contribution is 4.87. The van der Waals surface area contributed by atoms with Crippen LogP contribution in [0.3, 0.4) is 0 Å². The summed E-state index contributed by atoms with van der Waals surface area (Å²) < 4.78 is 6.39. The third-order valence-electron chi connectivity index (χ3n) is 8.29. The maximum Gasteiger partial charge on any atom is 0.0575 e. The Balaban J connectivity index is 1.25. The van der Waals surface area contributed by atoms with E-state index in [-0.39, 0.29) is 0 Å². The summed E-state index contributed by atoms with van der Waals surface area (Å²) in [5.41, 5.74) is 0. The Bertz CT molecular complexity index is 392. The van der Waals surface area contributed by atoms with Crippen LogP contribution >= 0.6 is 0 Å². The number of allylic oxidation sites excluding steroid dienone is 1. The van der Waals surface area contributed by atoms with Crippen LogP contribution in [0.2, 0.25) is 0 Å². The molecule has 3 fully saturated rings. The first-order chi connectivity index (χ1) is 13.3. The molecule has 1 heteroatoms. The Hall–Kier alpha value is -0.300. The second-order valence-corrected chi connectivity index (χ2v) is 10.2. The predicted octanol–water partition coefficient (Wildman–Crippen LogP) is 7.94. The molecule has 0 unspecified atom stereocenters. The van der Waals surface area contributed by atoms with Crippen molar-refractivity contribution in [3.05, 3.63) is 12.7 Å². The lowest BCUT2D eigenvalue weighted by Gasteiger charge is -2.38. The van der Waals surface area contributed by atoms with Crippen LogP contribution in [0.25, 0.3) is 0 Å². The van der Waals surface area contributed by atoms with E-state index in [4.69, 9.17) is 4.74 Å². The van der Waals surface area contributed by atoms with Gasteiger partial charge in [-0.25, -0.2) is 0 Å². The van der Waals surface area contributed by atoms with E-state index in [2.05, 4.69) is 19.6 Å². The molecule has 0 saturated heterocycles. The molecule has 0 aromatic heterocycles. The van der Waals surface area contributed by atoms with Gasteiger partial charge in [-0.15, -0.1) is 6.58 Å². The fourth-order valence-electron chi connectivity index (χ4n) is 6.22. The van der Waals surface area contributed by atoms with Crippen LogP contribution in [-0.4, -0.2) is 12.7 Å². The predicted molar refractivity (Wildman–Crippen MR) is 117 cm³/mol. The van der Waals surface area contributed by atoms with Gasteiger partial charge in [-0.3, -0.25) is 0 Å². The maximum absolute atomic E-state index is 6.39. The third-order valence-corrected chi connectivity index (χ3v) is 8.29. The SMILES string of the molecule is C=CC1CCC(C2CCC(COC3CCC(CCCCC)CC3)CC2)CC1. The molecule has 3 saturated carbocycles. The van der Waals surface area contributed by atoms with Crippen LogP contribution in [0.1, 0.15) is 110 Å². The van der Waals surface area contributed by atoms with Gasteiger partial charge in [-0.05, 0) is 107 Å². The molecule has 1 nitrogen and oxygen atoms in total. The van der Waals surface area contributed by atoms with Crippen LogP contribution in [-0.2, 0) is 4.74 Å². The fraction of sp³-hybridized carbons (Fsp3) is 0.923. The van der Waals surface area contributed by atoms with E-state index in [9.17, 15) is 0 Å². The van der Waals surface area contributed by atoms with Gasteiger partial charge in [0.25, 0.3) is 0 Å². The van der Waals surface area contributed by atoms with Gasteiger partial charge in [0.15, 0.2) is 0 Å². The summed E-state index contributed by atoms with van der Waals surface area (Å²) in [6.07, 6.45) is 25.5. The zero-order valence-corrected chi connectivity index (χ0v) is 18.2. The molecule has 0 atom stereocenters. The molecule has 0 N–H and O–H groups in total. The molecule has 0 heterocycles. The highest BCUT2D eigenvalue weighted by atomic mass is 16.5. The highest BCUT2D eigenvalue weighted by Gasteiger charge is 2.31. The van der Waals surface area contributed by atoms with Gasteiger partial charge in [0.1, 0.15) is 0 Å². The normalized spacial score (nSPS) is 37.8. The Labute approximate surface area is 169 Å². The van der Waals surface area contributed by atoms with E-state index in [0.717, 1.165) is 36.2 Å². The molecular formula is C26H46O. The van der Waals surface area contributed by atoms with Crippen molar-refractivity contribution in [2.45, 2.75) is 116 Å². The largest absolute Gasteiger partial charge is 0.378 e. The minimum absolute atomic E-state index is 0.583. The molecule has 0 aromatic rings. The van der Waals surface area contributed by atoms with Crippen LogP contribution in [0.5, 0.6) is 0 Å². The van der Waals surface area contributed by atoms with Crippen LogP contribution in [0.4, 0.5) is 0 Å². The van der Waals surface area contributed by atoms with E-state index < -0.39 is 0 Å². The molecule has 3 rings (SSSR count). The van der Waals surface area contributed by atoms with Gasteiger partial charge in [0.05, 0.1) is 6.10 Å². The lowest BCUT2D eigenvalue weighted by Crippen LogP contribution is -2.29. The zero-order valence-electron chi connectivity index (χ0n) is 18.2. The molecule has 0 aliphatic heterocycles. The summed E-state index contributed by atoms with van der Waals surface area (Å²) >= 11 is 0. The van der Waals surface area contributed by atoms with Gasteiger partial charge in [0, 0.05) is 6.61 Å². The molecule has 3 aliphatic rings. The number of hydrogen-bond acceptors (Lipinski definition) is 1. The minimum Gasteiger partial charge on any atom is -0.378 e. The Kier molecular flexibility index (Phi) is 9.23. The van der Waals surface area contributed by atoms with Crippen LogP contribution in [0.15, 0.2) is 12.7 Å². The van der Waals surface area contributed by atoms with Crippen molar-refractivity contribution in [1.82, 2.24) is 0 Å². The average molecular weight is 375 g/mol. The summed E-state index contributed by atoms with van der Waals surface area (Å²) in [4.78, 5) is 0. The van der Waals surface area contributed by atoms with Crippen molar-refractivity contribution >= 4 is 0 Å². The monoisotopic (exact) mass is 374 g/mol. The molecule has 3 aliphatic carbocycles. The van der Waals surface area contributed by atoms with Gasteiger partial charge in [-0.2, -0.15) is 0 Å². The number of rotatable bonds is 9. The Morgan fingerprint density at radius 2 is 1.33 bits per heavy atom. The Morgan fingerprint density at radius 3 is 1.93 bits per heavy atom. The van der Waals surface area contributed by atoms with E-state index in [1.165, 1.54) is 103 Å². The number of hydrogen-bond donors (Lipinski definition) is 0. The topological polar surface area (TPSA) is 9.23 Å². The van der Waals surface area contributed by atoms with Gasteiger partial charge in [0.2, 0.25) is 0 Å². The van der Waals surface area contributed by atoms with E-state index in [0.29, 0.717) is 6.10 Å². The third kappa shape index (κ3) is 6.91.